The van der Waals surface area contributed by atoms with Gasteiger partial charge in [-0.3, -0.25) is 9.89 Å². The molecular formula is C24H36N6S. The largest absolute Gasteiger partial charge is 0.357 e. The maximum atomic E-state index is 4.71. The summed E-state index contributed by atoms with van der Waals surface area (Å²) in [7, 11) is 1.84. The molecule has 0 radical (unpaired) electrons. The van der Waals surface area contributed by atoms with Gasteiger partial charge in [-0.25, -0.2) is 4.98 Å². The predicted octanol–water partition coefficient (Wildman–Crippen LogP) is 3.88. The van der Waals surface area contributed by atoms with Crippen molar-refractivity contribution in [3.63, 3.8) is 0 Å². The van der Waals surface area contributed by atoms with Gasteiger partial charge in [-0.05, 0) is 67.8 Å². The molecule has 2 aliphatic rings. The summed E-state index contributed by atoms with van der Waals surface area (Å²) in [4.78, 5) is 15.6. The minimum absolute atomic E-state index is 0.411. The summed E-state index contributed by atoms with van der Waals surface area (Å²) in [5.41, 5.74) is 1.17. The topological polar surface area (TPSA) is 55.8 Å². The SMILES string of the molecule is CN=C(NCc1ccc(N2CCC(C)CC2)nc1)NCC(c1cccs1)N1CCCC1. The predicted molar refractivity (Wildman–Crippen MR) is 131 cm³/mol. The van der Waals surface area contributed by atoms with Gasteiger partial charge in [0.05, 0.1) is 6.04 Å². The Hall–Kier alpha value is -2.12. The number of thiophene rings is 1. The molecule has 2 N–H and O–H groups in total. The Morgan fingerprint density at radius 1 is 1.16 bits per heavy atom. The van der Waals surface area contributed by atoms with Gasteiger partial charge in [0.15, 0.2) is 5.96 Å². The summed E-state index contributed by atoms with van der Waals surface area (Å²) < 4.78 is 0. The summed E-state index contributed by atoms with van der Waals surface area (Å²) in [5, 5.41) is 9.17. The van der Waals surface area contributed by atoms with Crippen LogP contribution in [0, 0.1) is 5.92 Å². The number of anilines is 1. The van der Waals surface area contributed by atoms with Crippen molar-refractivity contribution in [1.29, 1.82) is 0 Å². The van der Waals surface area contributed by atoms with E-state index >= 15 is 0 Å². The number of guanidine groups is 1. The number of hydrogen-bond acceptors (Lipinski definition) is 5. The summed E-state index contributed by atoms with van der Waals surface area (Å²) in [6.07, 6.45) is 7.11. The third-order valence-electron chi connectivity index (χ3n) is 6.52. The van der Waals surface area contributed by atoms with Gasteiger partial charge in [-0.2, -0.15) is 0 Å². The number of rotatable bonds is 7. The molecule has 0 saturated carbocycles. The lowest BCUT2D eigenvalue weighted by Crippen LogP contribution is -2.42. The van der Waals surface area contributed by atoms with Gasteiger partial charge in [0, 0.05) is 44.3 Å². The molecule has 2 aliphatic heterocycles. The fourth-order valence-corrected chi connectivity index (χ4v) is 5.35. The van der Waals surface area contributed by atoms with Crippen molar-refractivity contribution >= 4 is 23.1 Å². The van der Waals surface area contributed by atoms with Crippen LogP contribution in [0.25, 0.3) is 0 Å². The summed E-state index contributed by atoms with van der Waals surface area (Å²) in [5.74, 6) is 2.78. The van der Waals surface area contributed by atoms with Gasteiger partial charge in [0.1, 0.15) is 5.82 Å². The van der Waals surface area contributed by atoms with Gasteiger partial charge in [0.2, 0.25) is 0 Å². The van der Waals surface area contributed by atoms with Gasteiger partial charge in [-0.15, -0.1) is 11.3 Å². The van der Waals surface area contributed by atoms with Crippen LogP contribution in [0.2, 0.25) is 0 Å². The molecule has 0 amide bonds. The van der Waals surface area contributed by atoms with Crippen molar-refractivity contribution in [3.8, 4) is 0 Å². The summed E-state index contributed by atoms with van der Waals surface area (Å²) >= 11 is 1.85. The zero-order valence-corrected chi connectivity index (χ0v) is 19.7. The van der Waals surface area contributed by atoms with Crippen LogP contribution in [0.15, 0.2) is 40.8 Å². The second-order valence-electron chi connectivity index (χ2n) is 8.78. The first kappa shape index (κ1) is 22.1. The van der Waals surface area contributed by atoms with Crippen LogP contribution in [0.3, 0.4) is 0 Å². The Bertz CT molecular complexity index is 805. The van der Waals surface area contributed by atoms with E-state index in [1.807, 2.05) is 24.6 Å². The first-order valence-corrected chi connectivity index (χ1v) is 12.5. The highest BCUT2D eigenvalue weighted by atomic mass is 32.1. The van der Waals surface area contributed by atoms with E-state index in [-0.39, 0.29) is 0 Å². The highest BCUT2D eigenvalue weighted by Crippen LogP contribution is 2.27. The molecule has 0 aromatic carbocycles. The Labute approximate surface area is 190 Å². The van der Waals surface area contributed by atoms with Gasteiger partial charge in [0.25, 0.3) is 0 Å². The molecule has 2 fully saturated rings. The van der Waals surface area contributed by atoms with Crippen molar-refractivity contribution in [2.75, 3.05) is 44.7 Å². The molecule has 2 aromatic heterocycles. The number of nitrogens with one attached hydrogen (secondary N) is 2. The van der Waals surface area contributed by atoms with Crippen molar-refractivity contribution in [2.45, 2.75) is 45.2 Å². The fraction of sp³-hybridized carbons (Fsp3) is 0.583. The number of likely N-dealkylation sites (tertiary alicyclic amines) is 1. The summed E-state index contributed by atoms with van der Waals surface area (Å²) in [6, 6.07) is 9.15. The van der Waals surface area contributed by atoms with Gasteiger partial charge < -0.3 is 15.5 Å². The third kappa shape index (κ3) is 5.98. The smallest absolute Gasteiger partial charge is 0.191 e. The minimum atomic E-state index is 0.411. The van der Waals surface area contributed by atoms with Gasteiger partial charge >= 0.3 is 0 Å². The van der Waals surface area contributed by atoms with Crippen LogP contribution < -0.4 is 15.5 Å². The number of hydrogen-bond donors (Lipinski definition) is 2. The molecular weight excluding hydrogens is 404 g/mol. The van der Waals surface area contributed by atoms with E-state index in [4.69, 9.17) is 4.98 Å². The molecule has 0 spiro atoms. The quantitative estimate of drug-likeness (QED) is 0.505. The van der Waals surface area contributed by atoms with Crippen molar-refractivity contribution in [2.24, 2.45) is 10.9 Å². The normalized spacial score (nSPS) is 19.5. The first-order chi connectivity index (χ1) is 15.2. The second-order valence-corrected chi connectivity index (χ2v) is 9.75. The third-order valence-corrected chi connectivity index (χ3v) is 7.49. The van der Waals surface area contributed by atoms with E-state index in [0.717, 1.165) is 43.9 Å². The van der Waals surface area contributed by atoms with Crippen LogP contribution in [0.4, 0.5) is 5.82 Å². The molecule has 1 atom stereocenters. The van der Waals surface area contributed by atoms with E-state index in [2.05, 4.69) is 62.0 Å². The molecule has 2 aromatic rings. The average molecular weight is 441 g/mol. The van der Waals surface area contributed by atoms with Crippen molar-refractivity contribution in [3.05, 3.63) is 46.3 Å². The molecule has 2 saturated heterocycles. The number of nitrogens with zero attached hydrogens (tertiary/aromatic N) is 4. The Morgan fingerprint density at radius 3 is 2.61 bits per heavy atom. The number of piperidine rings is 1. The highest BCUT2D eigenvalue weighted by molar-refractivity contribution is 7.10. The van der Waals surface area contributed by atoms with Crippen LogP contribution in [-0.4, -0.2) is 55.6 Å². The molecule has 168 valence electrons. The van der Waals surface area contributed by atoms with Crippen LogP contribution in [0.5, 0.6) is 0 Å². The van der Waals surface area contributed by atoms with E-state index in [9.17, 15) is 0 Å². The number of aromatic nitrogens is 1. The average Bonchev–Trinajstić information content (AvgIpc) is 3.52. The van der Waals surface area contributed by atoms with E-state index in [0.29, 0.717) is 6.04 Å². The zero-order chi connectivity index (χ0) is 21.5. The lowest BCUT2D eigenvalue weighted by Gasteiger charge is -2.31. The van der Waals surface area contributed by atoms with E-state index < -0.39 is 0 Å². The summed E-state index contributed by atoms with van der Waals surface area (Å²) in [6.45, 7) is 8.53. The molecule has 4 heterocycles. The Kier molecular flexibility index (Phi) is 7.81. The van der Waals surface area contributed by atoms with Gasteiger partial charge in [-0.1, -0.05) is 19.1 Å². The molecule has 6 nitrogen and oxygen atoms in total. The van der Waals surface area contributed by atoms with Crippen LogP contribution in [-0.2, 0) is 6.54 Å². The van der Waals surface area contributed by atoms with Crippen molar-refractivity contribution < 1.29 is 0 Å². The molecule has 31 heavy (non-hydrogen) atoms. The lowest BCUT2D eigenvalue weighted by molar-refractivity contribution is 0.249. The molecule has 0 bridgehead atoms. The van der Waals surface area contributed by atoms with E-state index in [1.165, 1.54) is 49.2 Å². The molecule has 7 heteroatoms. The monoisotopic (exact) mass is 440 g/mol. The van der Waals surface area contributed by atoms with E-state index in [1.54, 1.807) is 0 Å². The lowest BCUT2D eigenvalue weighted by atomic mass is 9.99. The maximum absolute atomic E-state index is 4.71. The minimum Gasteiger partial charge on any atom is -0.357 e. The highest BCUT2D eigenvalue weighted by Gasteiger charge is 2.24. The molecule has 4 rings (SSSR count). The van der Waals surface area contributed by atoms with Crippen LogP contribution in [0.1, 0.15) is 49.1 Å². The Morgan fingerprint density at radius 2 is 1.97 bits per heavy atom. The van der Waals surface area contributed by atoms with Crippen LogP contribution >= 0.6 is 11.3 Å². The molecule has 1 unspecified atom stereocenters. The Balaban J connectivity index is 1.28. The maximum Gasteiger partial charge on any atom is 0.191 e. The molecule has 0 aliphatic carbocycles. The first-order valence-electron chi connectivity index (χ1n) is 11.6. The zero-order valence-electron chi connectivity index (χ0n) is 18.9. The second kappa shape index (κ2) is 11.0. The number of pyridine rings is 1. The van der Waals surface area contributed by atoms with Crippen molar-refractivity contribution in [1.82, 2.24) is 20.5 Å². The standard InChI is InChI=1S/C24H36N6S/c1-19-9-13-30(14-10-19)23-8-7-20(16-26-23)17-27-24(25-2)28-18-21(22-6-5-15-31-22)29-11-3-4-12-29/h5-8,15-16,19,21H,3-4,9-14,17-18H2,1-2H3,(H2,25,27,28). The fourth-order valence-electron chi connectivity index (χ4n) is 4.49. The number of aliphatic imine (C=N–C) groups is 1.